The van der Waals surface area contributed by atoms with Gasteiger partial charge in [0.1, 0.15) is 16.4 Å². The molecule has 0 saturated carbocycles. The van der Waals surface area contributed by atoms with Crippen LogP contribution in [0.15, 0.2) is 35.7 Å². The van der Waals surface area contributed by atoms with Gasteiger partial charge in [-0.05, 0) is 42.8 Å². The molecule has 0 saturated heterocycles. The highest BCUT2D eigenvalue weighted by atomic mass is 32.2. The van der Waals surface area contributed by atoms with Gasteiger partial charge in [-0.2, -0.15) is 26.3 Å². The van der Waals surface area contributed by atoms with Crippen molar-refractivity contribution in [2.75, 3.05) is 11.0 Å². The minimum Gasteiger partial charge on any atom is -0.344 e. The van der Waals surface area contributed by atoms with Crippen molar-refractivity contribution in [1.82, 2.24) is 10.3 Å². The summed E-state index contributed by atoms with van der Waals surface area (Å²) in [6, 6.07) is 1.39. The molecule has 0 aliphatic rings. The summed E-state index contributed by atoms with van der Waals surface area (Å²) in [6.45, 7) is 1.32. The van der Waals surface area contributed by atoms with Gasteiger partial charge in [0.2, 0.25) is 10.0 Å². The van der Waals surface area contributed by atoms with Gasteiger partial charge in [-0.1, -0.05) is 0 Å². The molecule has 0 aliphatic carbocycles. The Kier molecular flexibility index (Phi) is 7.56. The van der Waals surface area contributed by atoms with Gasteiger partial charge >= 0.3 is 12.4 Å². The van der Waals surface area contributed by atoms with E-state index < -0.39 is 68.3 Å². The van der Waals surface area contributed by atoms with Gasteiger partial charge in [-0.15, -0.1) is 11.3 Å². The minimum absolute atomic E-state index is 0.0403. The summed E-state index contributed by atoms with van der Waals surface area (Å²) in [5, 5.41) is 3.13. The second-order valence-corrected chi connectivity index (χ2v) is 10.4. The highest BCUT2D eigenvalue weighted by Gasteiger charge is 2.37. The average molecular weight is 573 g/mol. The number of nitrogens with one attached hydrogen (secondary N) is 2. The maximum absolute atomic E-state index is 14.2. The van der Waals surface area contributed by atoms with Crippen LogP contribution in [0.5, 0.6) is 0 Å². The van der Waals surface area contributed by atoms with Crippen molar-refractivity contribution in [2.45, 2.75) is 25.3 Å². The van der Waals surface area contributed by atoms with Gasteiger partial charge in [0, 0.05) is 10.9 Å². The molecule has 16 heteroatoms. The molecule has 3 rings (SSSR count). The lowest BCUT2D eigenvalue weighted by Crippen LogP contribution is -2.27. The van der Waals surface area contributed by atoms with E-state index in [-0.39, 0.29) is 22.3 Å². The fraction of sp³-hybridized carbons (Fsp3) is 0.238. The molecule has 0 bridgehead atoms. The summed E-state index contributed by atoms with van der Waals surface area (Å²) in [5.41, 5.74) is -5.01. The van der Waals surface area contributed by atoms with E-state index >= 15 is 0 Å². The largest absolute Gasteiger partial charge is 0.416 e. The normalized spacial score (nSPS) is 13.4. The summed E-state index contributed by atoms with van der Waals surface area (Å²) in [6.07, 6.45) is -9.45. The van der Waals surface area contributed by atoms with Gasteiger partial charge in [0.15, 0.2) is 11.6 Å². The zero-order valence-electron chi connectivity index (χ0n) is 18.6. The number of alkyl halides is 6. The molecule has 0 unspecified atom stereocenters. The number of aromatic nitrogens is 1. The molecular weight excluding hydrogens is 558 g/mol. The fourth-order valence-electron chi connectivity index (χ4n) is 3.07. The van der Waals surface area contributed by atoms with Crippen molar-refractivity contribution in [2.24, 2.45) is 0 Å². The summed E-state index contributed by atoms with van der Waals surface area (Å²) < 4.78 is 131. The Labute approximate surface area is 208 Å². The van der Waals surface area contributed by atoms with E-state index in [1.54, 1.807) is 4.72 Å². The Balaban J connectivity index is 1.86. The molecule has 0 aliphatic heterocycles. The molecule has 2 aromatic carbocycles. The molecule has 0 fully saturated rings. The molecule has 1 aromatic heterocycles. The number of thiazole rings is 1. The van der Waals surface area contributed by atoms with Gasteiger partial charge in [0.25, 0.3) is 5.91 Å². The van der Waals surface area contributed by atoms with Crippen LogP contribution in [-0.4, -0.2) is 25.6 Å². The Morgan fingerprint density at radius 2 is 1.46 bits per heavy atom. The zero-order chi connectivity index (χ0) is 27.9. The molecule has 1 heterocycles. The summed E-state index contributed by atoms with van der Waals surface area (Å²) in [4.78, 5) is 16.4. The van der Waals surface area contributed by atoms with Crippen LogP contribution in [0.4, 0.5) is 40.8 Å². The van der Waals surface area contributed by atoms with Gasteiger partial charge in [-0.3, -0.25) is 9.52 Å². The SMILES string of the molecule is C[C@@H](NC(=O)c1csc(-c2cc(C(F)(F)F)cc(C(F)(F)F)c2)n1)c1cc(F)c(NS(C)(=O)=O)c(F)c1. The number of sulfonamides is 1. The maximum Gasteiger partial charge on any atom is 0.416 e. The van der Waals surface area contributed by atoms with E-state index in [0.717, 1.165) is 17.5 Å². The third-order valence-electron chi connectivity index (χ3n) is 4.77. The molecule has 2 N–H and O–H groups in total. The van der Waals surface area contributed by atoms with E-state index in [4.69, 9.17) is 0 Å². The van der Waals surface area contributed by atoms with Crippen LogP contribution >= 0.6 is 11.3 Å². The van der Waals surface area contributed by atoms with E-state index in [1.807, 2.05) is 0 Å². The Bertz CT molecular complexity index is 1390. The van der Waals surface area contributed by atoms with Crippen LogP contribution < -0.4 is 10.0 Å². The molecular formula is C21H15F8N3O3S2. The Morgan fingerprint density at radius 3 is 1.92 bits per heavy atom. The number of halogens is 8. The highest BCUT2D eigenvalue weighted by molar-refractivity contribution is 7.92. The number of nitrogens with zero attached hydrogens (tertiary/aromatic N) is 1. The number of carbonyl (C=O) groups is 1. The number of anilines is 1. The van der Waals surface area contributed by atoms with Crippen molar-refractivity contribution < 1.29 is 48.3 Å². The average Bonchev–Trinajstić information content (AvgIpc) is 3.24. The van der Waals surface area contributed by atoms with E-state index in [1.165, 1.54) is 6.92 Å². The predicted octanol–water partition coefficient (Wildman–Crippen LogP) is 5.99. The lowest BCUT2D eigenvalue weighted by Gasteiger charge is -2.16. The lowest BCUT2D eigenvalue weighted by molar-refractivity contribution is -0.143. The first-order chi connectivity index (χ1) is 16.8. The number of hydrogen-bond acceptors (Lipinski definition) is 5. The third kappa shape index (κ3) is 6.94. The van der Waals surface area contributed by atoms with Crippen LogP contribution in [0.3, 0.4) is 0 Å². The fourth-order valence-corrected chi connectivity index (χ4v) is 4.42. The standard InChI is InChI=1S/C21H15F8N3O3S2/c1-9(10-5-14(22)17(15(23)6-10)32-37(2,34)35)30-18(33)16-8-36-19(31-16)11-3-12(20(24,25)26)7-13(4-11)21(27,28)29/h3-9,32H,1-2H3,(H,30,33)/t9-/m1/s1. The summed E-state index contributed by atoms with van der Waals surface area (Å²) in [5.74, 6) is -3.46. The highest BCUT2D eigenvalue weighted by Crippen LogP contribution is 2.39. The monoisotopic (exact) mass is 573 g/mol. The van der Waals surface area contributed by atoms with Gasteiger partial charge in [-0.25, -0.2) is 22.2 Å². The summed E-state index contributed by atoms with van der Waals surface area (Å²) >= 11 is 0.613. The van der Waals surface area contributed by atoms with E-state index in [0.29, 0.717) is 29.7 Å². The number of amides is 1. The van der Waals surface area contributed by atoms with Crippen molar-refractivity contribution >= 4 is 33.0 Å². The van der Waals surface area contributed by atoms with Crippen LogP contribution in [0.1, 0.15) is 40.1 Å². The third-order valence-corrected chi connectivity index (χ3v) is 6.24. The molecule has 200 valence electrons. The number of carbonyl (C=O) groups excluding carboxylic acids is 1. The van der Waals surface area contributed by atoms with Crippen molar-refractivity contribution in [1.29, 1.82) is 0 Å². The van der Waals surface area contributed by atoms with Crippen LogP contribution in [-0.2, 0) is 22.4 Å². The quantitative estimate of drug-likeness (QED) is 0.355. The number of benzene rings is 2. The molecule has 1 atom stereocenters. The van der Waals surface area contributed by atoms with E-state index in [9.17, 15) is 48.3 Å². The topological polar surface area (TPSA) is 88.2 Å². The second-order valence-electron chi connectivity index (χ2n) is 7.76. The molecule has 37 heavy (non-hydrogen) atoms. The first-order valence-electron chi connectivity index (χ1n) is 9.88. The Morgan fingerprint density at radius 1 is 0.946 bits per heavy atom. The Hall–Kier alpha value is -3.27. The van der Waals surface area contributed by atoms with Gasteiger partial charge < -0.3 is 5.32 Å². The summed E-state index contributed by atoms with van der Waals surface area (Å²) in [7, 11) is -3.98. The minimum atomic E-state index is -5.07. The van der Waals surface area contributed by atoms with Gasteiger partial charge in [0.05, 0.1) is 23.4 Å². The maximum atomic E-state index is 14.2. The first kappa shape index (κ1) is 28.3. The molecule has 3 aromatic rings. The number of rotatable bonds is 6. The molecule has 0 spiro atoms. The van der Waals surface area contributed by atoms with Crippen molar-refractivity contribution in [3.8, 4) is 10.6 Å². The van der Waals surface area contributed by atoms with Crippen LogP contribution in [0.25, 0.3) is 10.6 Å². The molecule has 6 nitrogen and oxygen atoms in total. The van der Waals surface area contributed by atoms with Crippen molar-refractivity contribution in [3.63, 3.8) is 0 Å². The van der Waals surface area contributed by atoms with Crippen molar-refractivity contribution in [3.05, 3.63) is 69.7 Å². The van der Waals surface area contributed by atoms with E-state index in [2.05, 4.69) is 10.3 Å². The zero-order valence-corrected chi connectivity index (χ0v) is 20.2. The number of hydrogen-bond donors (Lipinski definition) is 2. The molecule has 1 amide bonds. The second kappa shape index (κ2) is 9.89. The molecule has 0 radical (unpaired) electrons. The smallest absolute Gasteiger partial charge is 0.344 e. The van der Waals surface area contributed by atoms with Crippen LogP contribution in [0.2, 0.25) is 0 Å². The predicted molar refractivity (Wildman–Crippen MR) is 118 cm³/mol. The first-order valence-corrected chi connectivity index (χ1v) is 12.6. The van der Waals surface area contributed by atoms with Crippen LogP contribution in [0, 0.1) is 11.6 Å². The lowest BCUT2D eigenvalue weighted by atomic mass is 10.1.